The summed E-state index contributed by atoms with van der Waals surface area (Å²) in [6.07, 6.45) is 0. The maximum Gasteiger partial charge on any atom is 0.158 e. The summed E-state index contributed by atoms with van der Waals surface area (Å²) in [5.74, 6) is 0.784. The summed E-state index contributed by atoms with van der Waals surface area (Å²) in [5.41, 5.74) is 0.683. The second-order valence-corrected chi connectivity index (χ2v) is 4.53. The Morgan fingerprint density at radius 1 is 1.30 bits per heavy atom. The van der Waals surface area contributed by atoms with E-state index in [-0.39, 0.29) is 5.82 Å². The first-order chi connectivity index (χ1) is 9.60. The van der Waals surface area contributed by atoms with Gasteiger partial charge in [-0.15, -0.1) is 0 Å². The number of nitrogens with zero attached hydrogens (tertiary/aromatic N) is 3. The van der Waals surface area contributed by atoms with Crippen LogP contribution >= 0.6 is 11.6 Å². The first kappa shape index (κ1) is 14.7. The Labute approximate surface area is 122 Å². The highest BCUT2D eigenvalue weighted by Crippen LogP contribution is 2.24. The van der Waals surface area contributed by atoms with Crippen LogP contribution in [-0.4, -0.2) is 23.6 Å². The van der Waals surface area contributed by atoms with E-state index < -0.39 is 0 Å². The standard InChI is InChI=1S/C14H15ClFN3O/c1-3-20-9-13-17-12(15)8-14(18-13)19(2)11-6-4-5-10(16)7-11/h4-8H,3,9H2,1-2H3. The van der Waals surface area contributed by atoms with Gasteiger partial charge in [0.1, 0.15) is 23.4 Å². The van der Waals surface area contributed by atoms with Crippen molar-refractivity contribution in [3.63, 3.8) is 0 Å². The number of anilines is 2. The molecule has 1 aromatic carbocycles. The van der Waals surface area contributed by atoms with E-state index in [2.05, 4.69) is 9.97 Å². The molecule has 1 heterocycles. The molecule has 4 nitrogen and oxygen atoms in total. The summed E-state index contributed by atoms with van der Waals surface area (Å²) in [5, 5.41) is 0.327. The fourth-order valence-electron chi connectivity index (χ4n) is 1.70. The van der Waals surface area contributed by atoms with Crippen LogP contribution in [0.25, 0.3) is 0 Å². The topological polar surface area (TPSA) is 38.2 Å². The van der Waals surface area contributed by atoms with E-state index in [1.54, 1.807) is 30.1 Å². The molecule has 0 amide bonds. The molecule has 0 bridgehead atoms. The Morgan fingerprint density at radius 2 is 2.10 bits per heavy atom. The SMILES string of the molecule is CCOCc1nc(Cl)cc(N(C)c2cccc(F)c2)n1. The maximum atomic E-state index is 13.3. The summed E-state index contributed by atoms with van der Waals surface area (Å²) >= 11 is 5.98. The van der Waals surface area contributed by atoms with Crippen LogP contribution in [0.5, 0.6) is 0 Å². The lowest BCUT2D eigenvalue weighted by atomic mass is 10.3. The molecule has 0 saturated carbocycles. The summed E-state index contributed by atoms with van der Waals surface area (Å²) in [6.45, 7) is 2.76. The summed E-state index contributed by atoms with van der Waals surface area (Å²) < 4.78 is 18.5. The number of benzene rings is 1. The van der Waals surface area contributed by atoms with Gasteiger partial charge in [0.25, 0.3) is 0 Å². The minimum Gasteiger partial charge on any atom is -0.374 e. The zero-order chi connectivity index (χ0) is 14.5. The van der Waals surface area contributed by atoms with Crippen LogP contribution in [0.3, 0.4) is 0 Å². The lowest BCUT2D eigenvalue weighted by Crippen LogP contribution is -2.13. The molecule has 0 fully saturated rings. The van der Waals surface area contributed by atoms with Crippen molar-refractivity contribution in [1.82, 2.24) is 9.97 Å². The molecule has 20 heavy (non-hydrogen) atoms. The van der Waals surface area contributed by atoms with Gasteiger partial charge in [-0.3, -0.25) is 0 Å². The molecule has 2 rings (SSSR count). The van der Waals surface area contributed by atoms with Gasteiger partial charge in [-0.05, 0) is 25.1 Å². The van der Waals surface area contributed by atoms with Gasteiger partial charge in [0.2, 0.25) is 0 Å². The second-order valence-electron chi connectivity index (χ2n) is 4.14. The number of hydrogen-bond donors (Lipinski definition) is 0. The molecule has 0 aliphatic heterocycles. The Kier molecular flexibility index (Phi) is 4.87. The first-order valence-electron chi connectivity index (χ1n) is 6.20. The molecule has 0 spiro atoms. The van der Waals surface area contributed by atoms with Crippen LogP contribution in [0.2, 0.25) is 5.15 Å². The lowest BCUT2D eigenvalue weighted by molar-refractivity contribution is 0.128. The predicted molar refractivity (Wildman–Crippen MR) is 76.8 cm³/mol. The highest BCUT2D eigenvalue weighted by Gasteiger charge is 2.10. The fraction of sp³-hybridized carbons (Fsp3) is 0.286. The van der Waals surface area contributed by atoms with Gasteiger partial charge in [0, 0.05) is 25.4 Å². The summed E-state index contributed by atoms with van der Waals surface area (Å²) in [4.78, 5) is 10.2. The van der Waals surface area contributed by atoms with Crippen LogP contribution < -0.4 is 4.90 Å². The monoisotopic (exact) mass is 295 g/mol. The van der Waals surface area contributed by atoms with Gasteiger partial charge < -0.3 is 9.64 Å². The number of aromatic nitrogens is 2. The van der Waals surface area contributed by atoms with E-state index in [1.165, 1.54) is 12.1 Å². The van der Waals surface area contributed by atoms with E-state index in [0.29, 0.717) is 35.7 Å². The van der Waals surface area contributed by atoms with Gasteiger partial charge in [0.05, 0.1) is 0 Å². The van der Waals surface area contributed by atoms with Crippen LogP contribution in [0.15, 0.2) is 30.3 Å². The number of hydrogen-bond acceptors (Lipinski definition) is 4. The molecule has 0 unspecified atom stereocenters. The smallest absolute Gasteiger partial charge is 0.158 e. The minimum atomic E-state index is -0.302. The molecule has 0 saturated heterocycles. The van der Waals surface area contributed by atoms with Crippen molar-refractivity contribution < 1.29 is 9.13 Å². The van der Waals surface area contributed by atoms with Crippen molar-refractivity contribution in [1.29, 1.82) is 0 Å². The molecule has 6 heteroatoms. The van der Waals surface area contributed by atoms with E-state index in [4.69, 9.17) is 16.3 Å². The van der Waals surface area contributed by atoms with E-state index in [9.17, 15) is 4.39 Å². The quantitative estimate of drug-likeness (QED) is 0.790. The van der Waals surface area contributed by atoms with Gasteiger partial charge in [-0.1, -0.05) is 17.7 Å². The summed E-state index contributed by atoms with van der Waals surface area (Å²) in [7, 11) is 1.79. The lowest BCUT2D eigenvalue weighted by Gasteiger charge is -2.19. The van der Waals surface area contributed by atoms with Gasteiger partial charge in [0.15, 0.2) is 5.82 Å². The largest absolute Gasteiger partial charge is 0.374 e. The van der Waals surface area contributed by atoms with Crippen molar-refractivity contribution in [3.8, 4) is 0 Å². The fourth-order valence-corrected chi connectivity index (χ4v) is 1.89. The predicted octanol–water partition coefficient (Wildman–Crippen LogP) is 3.57. The third-order valence-corrected chi connectivity index (χ3v) is 2.90. The van der Waals surface area contributed by atoms with Crippen molar-refractivity contribution >= 4 is 23.1 Å². The Balaban J connectivity index is 2.29. The first-order valence-corrected chi connectivity index (χ1v) is 6.58. The zero-order valence-corrected chi connectivity index (χ0v) is 12.1. The molecule has 0 aliphatic carbocycles. The van der Waals surface area contributed by atoms with Gasteiger partial charge in [-0.2, -0.15) is 0 Å². The normalized spacial score (nSPS) is 10.6. The zero-order valence-electron chi connectivity index (χ0n) is 11.3. The maximum absolute atomic E-state index is 13.3. The number of ether oxygens (including phenoxy) is 1. The molecule has 0 atom stereocenters. The van der Waals surface area contributed by atoms with Crippen molar-refractivity contribution in [2.45, 2.75) is 13.5 Å². The molecule has 1 aromatic heterocycles. The molecule has 0 N–H and O–H groups in total. The molecular weight excluding hydrogens is 281 g/mol. The van der Waals surface area contributed by atoms with Crippen molar-refractivity contribution in [2.24, 2.45) is 0 Å². The molecule has 2 aromatic rings. The second kappa shape index (κ2) is 6.63. The van der Waals surface area contributed by atoms with Crippen molar-refractivity contribution in [2.75, 3.05) is 18.6 Å². The molecule has 106 valence electrons. The highest BCUT2D eigenvalue weighted by molar-refractivity contribution is 6.29. The van der Waals surface area contributed by atoms with Crippen LogP contribution in [-0.2, 0) is 11.3 Å². The average Bonchev–Trinajstić information content (AvgIpc) is 2.43. The third kappa shape index (κ3) is 3.65. The molecule has 0 radical (unpaired) electrons. The van der Waals surface area contributed by atoms with E-state index >= 15 is 0 Å². The molecular formula is C14H15ClFN3O. The van der Waals surface area contributed by atoms with Gasteiger partial charge >= 0.3 is 0 Å². The van der Waals surface area contributed by atoms with Gasteiger partial charge in [-0.25, -0.2) is 14.4 Å². The van der Waals surface area contributed by atoms with E-state index in [0.717, 1.165) is 0 Å². The number of rotatable bonds is 5. The Hall–Kier alpha value is -1.72. The average molecular weight is 296 g/mol. The summed E-state index contributed by atoms with van der Waals surface area (Å²) in [6, 6.07) is 7.89. The Bertz CT molecular complexity index is 594. The minimum absolute atomic E-state index is 0.293. The van der Waals surface area contributed by atoms with Crippen LogP contribution in [0.4, 0.5) is 15.9 Å². The van der Waals surface area contributed by atoms with Crippen LogP contribution in [0.1, 0.15) is 12.7 Å². The highest BCUT2D eigenvalue weighted by atomic mass is 35.5. The Morgan fingerprint density at radius 3 is 2.80 bits per heavy atom. The van der Waals surface area contributed by atoms with E-state index in [1.807, 2.05) is 6.92 Å². The third-order valence-electron chi connectivity index (χ3n) is 2.70. The van der Waals surface area contributed by atoms with Crippen LogP contribution in [0, 0.1) is 5.82 Å². The number of halogens is 2. The van der Waals surface area contributed by atoms with Crippen molar-refractivity contribution in [3.05, 3.63) is 47.1 Å². The molecule has 0 aliphatic rings.